The largest absolute Gasteiger partial charge is 0.493 e. The number of methoxy groups -OCH3 is 1. The van der Waals surface area contributed by atoms with E-state index in [-0.39, 0.29) is 11.7 Å². The van der Waals surface area contributed by atoms with Crippen LogP contribution in [0.15, 0.2) is 60.9 Å². The Balaban J connectivity index is 1.62. The summed E-state index contributed by atoms with van der Waals surface area (Å²) in [5.41, 5.74) is 1.90. The van der Waals surface area contributed by atoms with E-state index in [0.717, 1.165) is 12.0 Å². The fraction of sp³-hybridized carbons (Fsp3) is 0.208. The lowest BCUT2D eigenvalue weighted by atomic mass is 10.1. The van der Waals surface area contributed by atoms with Crippen molar-refractivity contribution < 1.29 is 19.1 Å². The summed E-state index contributed by atoms with van der Waals surface area (Å²) in [7, 11) is 3.35. The summed E-state index contributed by atoms with van der Waals surface area (Å²) in [4.78, 5) is 28.8. The third-order valence-electron chi connectivity index (χ3n) is 4.52. The van der Waals surface area contributed by atoms with Crippen molar-refractivity contribution in [2.75, 3.05) is 19.0 Å². The summed E-state index contributed by atoms with van der Waals surface area (Å²) in [5, 5.41) is 2.78. The first kappa shape index (κ1) is 21.8. The maximum Gasteiger partial charge on any atom is 0.248 e. The van der Waals surface area contributed by atoms with Gasteiger partial charge in [-0.3, -0.25) is 9.59 Å². The Bertz CT molecular complexity index is 1080. The minimum atomic E-state index is -0.284. The maximum atomic E-state index is 12.5. The van der Waals surface area contributed by atoms with Crippen LogP contribution in [0.25, 0.3) is 6.08 Å². The van der Waals surface area contributed by atoms with Gasteiger partial charge in [-0.1, -0.05) is 13.0 Å². The van der Waals surface area contributed by atoms with Crippen LogP contribution < -0.4 is 14.8 Å². The summed E-state index contributed by atoms with van der Waals surface area (Å²) in [6.07, 6.45) is 7.34. The van der Waals surface area contributed by atoms with Crippen LogP contribution in [0.2, 0.25) is 0 Å². The van der Waals surface area contributed by atoms with E-state index in [2.05, 4.69) is 10.3 Å². The summed E-state index contributed by atoms with van der Waals surface area (Å²) in [6.45, 7) is 2.65. The highest BCUT2D eigenvalue weighted by atomic mass is 16.5. The number of rotatable bonds is 9. The van der Waals surface area contributed by atoms with Gasteiger partial charge in [0, 0.05) is 36.8 Å². The third kappa shape index (κ3) is 5.60. The fourth-order valence-corrected chi connectivity index (χ4v) is 2.89. The number of aromatic nitrogens is 2. The molecule has 0 saturated heterocycles. The van der Waals surface area contributed by atoms with E-state index in [1.807, 2.05) is 25.1 Å². The van der Waals surface area contributed by atoms with Crippen LogP contribution in [0.3, 0.4) is 0 Å². The first-order valence-corrected chi connectivity index (χ1v) is 9.93. The Labute approximate surface area is 181 Å². The molecule has 0 unspecified atom stereocenters. The second-order valence-corrected chi connectivity index (χ2v) is 6.85. The highest BCUT2D eigenvalue weighted by molar-refractivity contribution is 6.07. The number of ketones is 1. The summed E-state index contributed by atoms with van der Waals surface area (Å²) in [5.74, 6) is 1.19. The molecule has 31 heavy (non-hydrogen) atoms. The average molecular weight is 419 g/mol. The Hall–Kier alpha value is -3.87. The number of carbonyl (C=O) groups is 2. The molecule has 7 nitrogen and oxygen atoms in total. The van der Waals surface area contributed by atoms with E-state index in [1.54, 1.807) is 61.5 Å². The maximum absolute atomic E-state index is 12.5. The lowest BCUT2D eigenvalue weighted by molar-refractivity contribution is -0.111. The Morgan fingerprint density at radius 3 is 2.55 bits per heavy atom. The van der Waals surface area contributed by atoms with Gasteiger partial charge in [0.15, 0.2) is 17.3 Å². The molecular weight excluding hydrogens is 394 g/mol. The molecule has 0 aliphatic carbocycles. The molecule has 1 aromatic heterocycles. The molecule has 1 amide bonds. The zero-order valence-corrected chi connectivity index (χ0v) is 17.8. The molecular formula is C24H25N3O4. The van der Waals surface area contributed by atoms with Crippen molar-refractivity contribution in [3.8, 4) is 11.5 Å². The zero-order valence-electron chi connectivity index (χ0n) is 17.8. The van der Waals surface area contributed by atoms with Crippen LogP contribution in [0.4, 0.5) is 5.69 Å². The van der Waals surface area contributed by atoms with Gasteiger partial charge >= 0.3 is 0 Å². The fourth-order valence-electron chi connectivity index (χ4n) is 2.89. The van der Waals surface area contributed by atoms with Gasteiger partial charge in [-0.2, -0.15) is 0 Å². The van der Waals surface area contributed by atoms with E-state index >= 15 is 0 Å². The molecule has 7 heteroatoms. The van der Waals surface area contributed by atoms with Crippen molar-refractivity contribution >= 4 is 23.5 Å². The van der Waals surface area contributed by atoms with Gasteiger partial charge in [0.2, 0.25) is 11.7 Å². The molecule has 0 spiro atoms. The van der Waals surface area contributed by atoms with Gasteiger partial charge in [0.05, 0.1) is 13.7 Å². The molecule has 0 fully saturated rings. The number of nitrogens with zero attached hydrogens (tertiary/aromatic N) is 2. The van der Waals surface area contributed by atoms with E-state index < -0.39 is 0 Å². The first-order valence-electron chi connectivity index (χ1n) is 9.93. The number of benzene rings is 2. The van der Waals surface area contributed by atoms with Crippen molar-refractivity contribution in [2.24, 2.45) is 7.05 Å². The SMILES string of the molecule is CCCOc1ccc(/C=C/C(=O)Nc2ccc(C(=O)c3nccn3C)cc2)cc1OC. The summed E-state index contributed by atoms with van der Waals surface area (Å²) < 4.78 is 12.7. The number of nitrogens with one attached hydrogen (secondary N) is 1. The van der Waals surface area contributed by atoms with Crippen molar-refractivity contribution in [1.29, 1.82) is 0 Å². The molecule has 2 aromatic carbocycles. The smallest absolute Gasteiger partial charge is 0.248 e. The van der Waals surface area contributed by atoms with Gasteiger partial charge in [-0.25, -0.2) is 4.98 Å². The van der Waals surface area contributed by atoms with Crippen molar-refractivity contribution in [2.45, 2.75) is 13.3 Å². The molecule has 0 atom stereocenters. The van der Waals surface area contributed by atoms with Crippen LogP contribution in [0, 0.1) is 0 Å². The van der Waals surface area contributed by atoms with E-state index in [4.69, 9.17) is 9.47 Å². The van der Waals surface area contributed by atoms with E-state index in [9.17, 15) is 9.59 Å². The number of hydrogen-bond acceptors (Lipinski definition) is 5. The van der Waals surface area contributed by atoms with Crippen molar-refractivity contribution in [1.82, 2.24) is 9.55 Å². The Kier molecular flexibility index (Phi) is 7.22. The van der Waals surface area contributed by atoms with E-state index in [1.165, 1.54) is 6.08 Å². The van der Waals surface area contributed by atoms with Gasteiger partial charge in [0.1, 0.15) is 0 Å². The molecule has 1 heterocycles. The third-order valence-corrected chi connectivity index (χ3v) is 4.52. The quantitative estimate of drug-likeness (QED) is 0.417. The molecule has 0 aliphatic heterocycles. The number of amides is 1. The molecule has 3 rings (SSSR count). The van der Waals surface area contributed by atoms with Gasteiger partial charge in [-0.05, 0) is 54.5 Å². The number of ether oxygens (including phenoxy) is 2. The highest BCUT2D eigenvalue weighted by Gasteiger charge is 2.13. The molecule has 160 valence electrons. The van der Waals surface area contributed by atoms with Crippen molar-refractivity contribution in [3.63, 3.8) is 0 Å². The minimum Gasteiger partial charge on any atom is -0.493 e. The molecule has 0 aliphatic rings. The highest BCUT2D eigenvalue weighted by Crippen LogP contribution is 2.28. The lowest BCUT2D eigenvalue weighted by Crippen LogP contribution is -2.10. The van der Waals surface area contributed by atoms with Gasteiger partial charge < -0.3 is 19.4 Å². The lowest BCUT2D eigenvalue weighted by Gasteiger charge is -2.10. The monoisotopic (exact) mass is 419 g/mol. The Morgan fingerprint density at radius 2 is 1.90 bits per heavy atom. The van der Waals surface area contributed by atoms with E-state index in [0.29, 0.717) is 35.2 Å². The van der Waals surface area contributed by atoms with Gasteiger partial charge in [0.25, 0.3) is 0 Å². The molecule has 0 bridgehead atoms. The standard InChI is InChI=1S/C24H25N3O4/c1-4-15-31-20-11-5-17(16-21(20)30-3)6-12-22(28)26-19-9-7-18(8-10-19)23(29)24-25-13-14-27(24)2/h5-14,16H,4,15H2,1-3H3,(H,26,28)/b12-6+. The second-order valence-electron chi connectivity index (χ2n) is 6.85. The number of hydrogen-bond donors (Lipinski definition) is 1. The first-order chi connectivity index (χ1) is 15.0. The normalized spacial score (nSPS) is 10.8. The molecule has 0 radical (unpaired) electrons. The van der Waals surface area contributed by atoms with Crippen LogP contribution in [0.5, 0.6) is 11.5 Å². The Morgan fingerprint density at radius 1 is 1.13 bits per heavy atom. The second kappa shape index (κ2) is 10.2. The van der Waals surface area contributed by atoms with Crippen LogP contribution in [-0.2, 0) is 11.8 Å². The molecule has 1 N–H and O–H groups in total. The predicted octanol–water partition coefficient (Wildman–Crippen LogP) is 4.10. The zero-order chi connectivity index (χ0) is 22.2. The minimum absolute atomic E-state index is 0.175. The van der Waals surface area contributed by atoms with Crippen LogP contribution >= 0.6 is 0 Å². The number of aryl methyl sites for hydroxylation is 1. The summed E-state index contributed by atoms with van der Waals surface area (Å²) >= 11 is 0. The topological polar surface area (TPSA) is 82.5 Å². The number of imidazole rings is 1. The van der Waals surface area contributed by atoms with Crippen molar-refractivity contribution in [3.05, 3.63) is 77.9 Å². The molecule has 3 aromatic rings. The molecule has 0 saturated carbocycles. The average Bonchev–Trinajstić information content (AvgIpc) is 3.22. The van der Waals surface area contributed by atoms with Crippen LogP contribution in [0.1, 0.15) is 35.1 Å². The van der Waals surface area contributed by atoms with Crippen LogP contribution in [-0.4, -0.2) is 35.0 Å². The summed E-state index contributed by atoms with van der Waals surface area (Å²) in [6, 6.07) is 12.2. The predicted molar refractivity (Wildman–Crippen MR) is 120 cm³/mol. The van der Waals surface area contributed by atoms with Gasteiger partial charge in [-0.15, -0.1) is 0 Å². The number of anilines is 1. The number of carbonyl (C=O) groups excluding carboxylic acids is 2.